The van der Waals surface area contributed by atoms with Crippen molar-refractivity contribution >= 4 is 39.8 Å². The maximum Gasteiger partial charge on any atom is 0.306 e. The van der Waals surface area contributed by atoms with Crippen LogP contribution in [0.5, 0.6) is 0 Å². The lowest BCUT2D eigenvalue weighted by molar-refractivity contribution is -0.387. The van der Waals surface area contributed by atoms with E-state index in [1.165, 1.54) is 18.2 Å². The van der Waals surface area contributed by atoms with Crippen LogP contribution in [0, 0.1) is 21.7 Å². The third-order valence-electron chi connectivity index (χ3n) is 4.54. The average Bonchev–Trinajstić information content (AvgIpc) is 2.79. The lowest BCUT2D eigenvalue weighted by Crippen LogP contribution is -2.14. The summed E-state index contributed by atoms with van der Waals surface area (Å²) in [6, 6.07) is 16.5. The Morgan fingerprint density at radius 1 is 1.00 bits per heavy atom. The number of aromatic nitrogens is 2. The van der Waals surface area contributed by atoms with Gasteiger partial charge in [-0.1, -0.05) is 36.0 Å². The van der Waals surface area contributed by atoms with Crippen LogP contribution in [0.15, 0.2) is 71.8 Å². The molecule has 0 fully saturated rings. The summed E-state index contributed by atoms with van der Waals surface area (Å²) in [5, 5.41) is 24.0. The highest BCUT2D eigenvalue weighted by molar-refractivity contribution is 8.00. The molecule has 0 saturated carbocycles. The minimum absolute atomic E-state index is 0.0419. The van der Waals surface area contributed by atoms with E-state index in [0.717, 1.165) is 34.7 Å². The monoisotopic (exact) mass is 452 g/mol. The fourth-order valence-electron chi connectivity index (χ4n) is 3.07. The van der Waals surface area contributed by atoms with E-state index in [4.69, 9.17) is 0 Å². The number of hydrogen-bond donors (Lipinski definition) is 1. The molecule has 1 N–H and O–H groups in total. The van der Waals surface area contributed by atoms with Crippen molar-refractivity contribution in [3.63, 3.8) is 0 Å². The van der Waals surface area contributed by atoms with E-state index in [9.17, 15) is 23.7 Å². The quantitative estimate of drug-likeness (QED) is 0.245. The smallest absolute Gasteiger partial charge is 0.306 e. The predicted molar refractivity (Wildman–Crippen MR) is 117 cm³/mol. The number of benzene rings is 3. The summed E-state index contributed by atoms with van der Waals surface area (Å²) >= 11 is 1.14. The number of nitro groups is 1. The minimum atomic E-state index is -0.981. The third-order valence-corrected chi connectivity index (χ3v) is 5.52. The second-order valence-electron chi connectivity index (χ2n) is 6.67. The van der Waals surface area contributed by atoms with E-state index in [1.54, 1.807) is 12.1 Å². The van der Waals surface area contributed by atoms with Crippen LogP contribution < -0.4 is 5.32 Å². The maximum atomic E-state index is 13.5. The van der Waals surface area contributed by atoms with Crippen molar-refractivity contribution in [2.45, 2.75) is 5.03 Å². The van der Waals surface area contributed by atoms with E-state index in [-0.39, 0.29) is 17.3 Å². The van der Waals surface area contributed by atoms with E-state index in [2.05, 4.69) is 15.5 Å². The van der Waals surface area contributed by atoms with Crippen LogP contribution in [-0.4, -0.2) is 26.8 Å². The molecule has 0 aliphatic rings. The number of nitrogens with zero attached hydrogens (tertiary/aromatic N) is 3. The van der Waals surface area contributed by atoms with Crippen molar-refractivity contribution in [1.29, 1.82) is 0 Å². The molecular formula is C22H14F2N4O3S. The molecule has 32 heavy (non-hydrogen) atoms. The highest BCUT2D eigenvalue weighted by atomic mass is 32.2. The van der Waals surface area contributed by atoms with Crippen molar-refractivity contribution in [1.82, 2.24) is 10.2 Å². The van der Waals surface area contributed by atoms with E-state index < -0.39 is 22.3 Å². The lowest BCUT2D eigenvalue weighted by atomic mass is 10.1. The molecule has 1 heterocycles. The summed E-state index contributed by atoms with van der Waals surface area (Å²) < 4.78 is 26.7. The summed E-state index contributed by atoms with van der Waals surface area (Å²) in [6.45, 7) is 0. The van der Waals surface area contributed by atoms with Crippen molar-refractivity contribution in [2.24, 2.45) is 0 Å². The second kappa shape index (κ2) is 9.06. The molecule has 0 saturated heterocycles. The summed E-state index contributed by atoms with van der Waals surface area (Å²) in [4.78, 5) is 22.3. The van der Waals surface area contributed by atoms with Crippen LogP contribution in [0.25, 0.3) is 22.0 Å². The Balaban J connectivity index is 1.53. The molecule has 1 aromatic heterocycles. The molecule has 0 unspecified atom stereocenters. The van der Waals surface area contributed by atoms with Gasteiger partial charge in [-0.05, 0) is 36.4 Å². The molecule has 4 aromatic rings. The average molecular weight is 452 g/mol. The Bertz CT molecular complexity index is 1330. The highest BCUT2D eigenvalue weighted by Gasteiger charge is 2.16. The number of halogens is 2. The van der Waals surface area contributed by atoms with E-state index in [1.807, 2.05) is 24.3 Å². The summed E-state index contributed by atoms with van der Waals surface area (Å²) in [7, 11) is 0. The normalized spacial score (nSPS) is 10.8. The number of fused-ring (bicyclic) bond motifs is 1. The molecule has 0 aliphatic heterocycles. The largest absolute Gasteiger partial charge is 0.325 e. The number of rotatable bonds is 6. The zero-order chi connectivity index (χ0) is 22.7. The first-order valence-electron chi connectivity index (χ1n) is 9.30. The Morgan fingerprint density at radius 2 is 1.72 bits per heavy atom. The Morgan fingerprint density at radius 3 is 2.44 bits per heavy atom. The van der Waals surface area contributed by atoms with Crippen molar-refractivity contribution in [3.8, 4) is 11.3 Å². The first-order valence-corrected chi connectivity index (χ1v) is 10.3. The lowest BCUT2D eigenvalue weighted by Gasteiger charge is -2.09. The third kappa shape index (κ3) is 4.54. The molecule has 0 spiro atoms. The summed E-state index contributed by atoms with van der Waals surface area (Å²) in [5.74, 6) is -1.81. The SMILES string of the molecule is O=C(CSc1nnc(-c2ccc(F)cc2)c2ccccc12)Nc1ccc(F)c([N+](=O)[O-])c1. The number of hydrogen-bond acceptors (Lipinski definition) is 6. The molecular weight excluding hydrogens is 438 g/mol. The van der Waals surface area contributed by atoms with Crippen LogP contribution in [0.3, 0.4) is 0 Å². The molecule has 0 atom stereocenters. The van der Waals surface area contributed by atoms with Crippen molar-refractivity contribution < 1.29 is 18.5 Å². The van der Waals surface area contributed by atoms with Gasteiger partial charge in [0.2, 0.25) is 11.7 Å². The Hall–Kier alpha value is -3.92. The molecule has 3 aromatic carbocycles. The van der Waals surface area contributed by atoms with Gasteiger partial charge in [0, 0.05) is 28.1 Å². The van der Waals surface area contributed by atoms with Gasteiger partial charge < -0.3 is 5.32 Å². The summed E-state index contributed by atoms with van der Waals surface area (Å²) in [5.41, 5.74) is 0.699. The van der Waals surface area contributed by atoms with Gasteiger partial charge in [-0.15, -0.1) is 10.2 Å². The van der Waals surface area contributed by atoms with E-state index >= 15 is 0 Å². The van der Waals surface area contributed by atoms with Gasteiger partial charge in [-0.2, -0.15) is 4.39 Å². The van der Waals surface area contributed by atoms with Crippen molar-refractivity contribution in [3.05, 3.63) is 88.5 Å². The first kappa shape index (κ1) is 21.3. The fourth-order valence-corrected chi connectivity index (χ4v) is 3.84. The highest BCUT2D eigenvalue weighted by Crippen LogP contribution is 2.32. The standard InChI is InChI=1S/C22H14F2N4O3S/c23-14-7-5-13(6-8-14)21-16-3-1-2-4-17(16)22(27-26-21)32-12-20(29)25-15-9-10-18(24)19(11-15)28(30)31/h1-11H,12H2,(H,25,29). The molecule has 0 radical (unpaired) electrons. The number of anilines is 1. The van der Waals surface area contributed by atoms with Gasteiger partial charge in [-0.25, -0.2) is 4.39 Å². The zero-order valence-electron chi connectivity index (χ0n) is 16.3. The number of nitro benzene ring substituents is 1. The van der Waals surface area contributed by atoms with Crippen molar-refractivity contribution in [2.75, 3.05) is 11.1 Å². The van der Waals surface area contributed by atoms with Crippen LogP contribution in [0.1, 0.15) is 0 Å². The Kier molecular flexibility index (Phi) is 6.04. The molecule has 4 rings (SSSR count). The number of carbonyl (C=O) groups excluding carboxylic acids is 1. The van der Waals surface area contributed by atoms with Crippen LogP contribution in [-0.2, 0) is 4.79 Å². The number of nitrogens with one attached hydrogen (secondary N) is 1. The van der Waals surface area contributed by atoms with E-state index in [0.29, 0.717) is 16.3 Å². The van der Waals surface area contributed by atoms with Gasteiger partial charge in [0.15, 0.2) is 0 Å². The number of amides is 1. The van der Waals surface area contributed by atoms with Crippen LogP contribution in [0.4, 0.5) is 20.2 Å². The molecule has 0 bridgehead atoms. The topological polar surface area (TPSA) is 98.0 Å². The van der Waals surface area contributed by atoms with Crippen LogP contribution in [0.2, 0.25) is 0 Å². The second-order valence-corrected chi connectivity index (χ2v) is 7.63. The van der Waals surface area contributed by atoms with Gasteiger partial charge >= 0.3 is 5.69 Å². The predicted octanol–water partition coefficient (Wildman–Crippen LogP) is 5.21. The number of thioether (sulfide) groups is 1. The van der Waals surface area contributed by atoms with Gasteiger partial charge in [0.05, 0.1) is 10.7 Å². The van der Waals surface area contributed by atoms with Crippen LogP contribution >= 0.6 is 11.8 Å². The van der Waals surface area contributed by atoms with Gasteiger partial charge in [-0.3, -0.25) is 14.9 Å². The Labute approximate surface area is 184 Å². The first-order chi connectivity index (χ1) is 15.4. The maximum absolute atomic E-state index is 13.5. The minimum Gasteiger partial charge on any atom is -0.325 e. The molecule has 7 nitrogen and oxygen atoms in total. The van der Waals surface area contributed by atoms with Gasteiger partial charge in [0.25, 0.3) is 0 Å². The summed E-state index contributed by atoms with van der Waals surface area (Å²) in [6.07, 6.45) is 0. The number of carbonyl (C=O) groups is 1. The zero-order valence-corrected chi connectivity index (χ0v) is 17.1. The fraction of sp³-hybridized carbons (Fsp3) is 0.0455. The van der Waals surface area contributed by atoms with Gasteiger partial charge in [0.1, 0.15) is 16.5 Å². The molecule has 1 amide bonds. The molecule has 0 aliphatic carbocycles. The molecule has 10 heteroatoms. The molecule has 160 valence electrons.